The molecule has 0 fully saturated rings. The van der Waals surface area contributed by atoms with E-state index in [2.05, 4.69) is 44.9 Å². The van der Waals surface area contributed by atoms with E-state index in [1.165, 1.54) is 5.56 Å². The van der Waals surface area contributed by atoms with Gasteiger partial charge in [-0.2, -0.15) is 5.10 Å². The molecule has 0 aliphatic heterocycles. The Hall–Kier alpha value is -1.48. The molecule has 0 amide bonds. The number of nitrogens with zero attached hydrogens (tertiary/aromatic N) is 2. The highest BCUT2D eigenvalue weighted by Crippen LogP contribution is 2.24. The zero-order valence-electron chi connectivity index (χ0n) is 11.3. The van der Waals surface area contributed by atoms with Crippen molar-refractivity contribution in [2.75, 3.05) is 5.73 Å². The topological polar surface area (TPSA) is 43.8 Å². The van der Waals surface area contributed by atoms with E-state index in [1.807, 2.05) is 18.2 Å². The molecular formula is C14H20ClN3. The Morgan fingerprint density at radius 2 is 1.83 bits per heavy atom. The van der Waals surface area contributed by atoms with Gasteiger partial charge in [0, 0.05) is 11.5 Å². The fourth-order valence-electron chi connectivity index (χ4n) is 1.73. The van der Waals surface area contributed by atoms with Gasteiger partial charge >= 0.3 is 0 Å². The van der Waals surface area contributed by atoms with Gasteiger partial charge in [0.25, 0.3) is 0 Å². The standard InChI is InChI=1S/C14H19N3.ClH/c1-10-6-5-7-11(8-10)17-13(15)9-12(16-17)14(2,3)4;/h5-9H,15H2,1-4H3;1H. The smallest absolute Gasteiger partial charge is 0.127 e. The van der Waals surface area contributed by atoms with Gasteiger partial charge in [-0.15, -0.1) is 12.4 Å². The van der Waals surface area contributed by atoms with Crippen LogP contribution in [0.5, 0.6) is 0 Å². The van der Waals surface area contributed by atoms with Crippen molar-refractivity contribution in [1.29, 1.82) is 0 Å². The first-order valence-corrected chi connectivity index (χ1v) is 5.81. The number of anilines is 1. The molecule has 3 nitrogen and oxygen atoms in total. The summed E-state index contributed by atoms with van der Waals surface area (Å²) < 4.78 is 1.80. The zero-order valence-corrected chi connectivity index (χ0v) is 12.1. The van der Waals surface area contributed by atoms with Crippen molar-refractivity contribution in [1.82, 2.24) is 9.78 Å². The van der Waals surface area contributed by atoms with Crippen molar-refractivity contribution in [3.05, 3.63) is 41.6 Å². The minimum Gasteiger partial charge on any atom is -0.384 e. The molecule has 1 aromatic heterocycles. The average molecular weight is 266 g/mol. The molecule has 18 heavy (non-hydrogen) atoms. The third-order valence-electron chi connectivity index (χ3n) is 2.75. The van der Waals surface area contributed by atoms with Crippen LogP contribution in [0, 0.1) is 6.92 Å². The Bertz CT molecular complexity index is 538. The highest BCUT2D eigenvalue weighted by Gasteiger charge is 2.19. The third-order valence-corrected chi connectivity index (χ3v) is 2.75. The molecule has 0 aliphatic rings. The number of benzene rings is 1. The van der Waals surface area contributed by atoms with Gasteiger partial charge in [0.15, 0.2) is 0 Å². The Kier molecular flexibility index (Phi) is 4.07. The summed E-state index contributed by atoms with van der Waals surface area (Å²) in [5.41, 5.74) is 9.26. The second-order valence-corrected chi connectivity index (χ2v) is 5.46. The van der Waals surface area contributed by atoms with E-state index < -0.39 is 0 Å². The predicted molar refractivity (Wildman–Crippen MR) is 78.7 cm³/mol. The maximum absolute atomic E-state index is 6.02. The largest absolute Gasteiger partial charge is 0.384 e. The van der Waals surface area contributed by atoms with E-state index in [1.54, 1.807) is 4.68 Å². The van der Waals surface area contributed by atoms with Gasteiger partial charge in [0.1, 0.15) is 5.82 Å². The fraction of sp³-hybridized carbons (Fsp3) is 0.357. The summed E-state index contributed by atoms with van der Waals surface area (Å²) in [6.45, 7) is 8.47. The molecule has 0 bridgehead atoms. The minimum atomic E-state index is 0. The number of nitrogens with two attached hydrogens (primary N) is 1. The lowest BCUT2D eigenvalue weighted by atomic mass is 9.92. The van der Waals surface area contributed by atoms with Crippen molar-refractivity contribution in [2.45, 2.75) is 33.1 Å². The lowest BCUT2D eigenvalue weighted by Crippen LogP contribution is -2.12. The van der Waals surface area contributed by atoms with Crippen LogP contribution in [0.2, 0.25) is 0 Å². The Morgan fingerprint density at radius 1 is 1.17 bits per heavy atom. The van der Waals surface area contributed by atoms with Crippen molar-refractivity contribution in [3.8, 4) is 5.69 Å². The number of rotatable bonds is 1. The Labute approximate surface area is 114 Å². The second-order valence-electron chi connectivity index (χ2n) is 5.46. The molecule has 0 saturated heterocycles. The molecule has 0 saturated carbocycles. The van der Waals surface area contributed by atoms with E-state index >= 15 is 0 Å². The summed E-state index contributed by atoms with van der Waals surface area (Å²) >= 11 is 0. The fourth-order valence-corrected chi connectivity index (χ4v) is 1.73. The van der Waals surface area contributed by atoms with Crippen LogP contribution in [0.15, 0.2) is 30.3 Å². The molecule has 0 radical (unpaired) electrons. The average Bonchev–Trinajstić information content (AvgIpc) is 2.60. The molecule has 2 aromatic rings. The molecule has 2 N–H and O–H groups in total. The van der Waals surface area contributed by atoms with Crippen LogP contribution in [-0.4, -0.2) is 9.78 Å². The summed E-state index contributed by atoms with van der Waals surface area (Å²) in [4.78, 5) is 0. The number of nitrogen functional groups attached to an aromatic ring is 1. The monoisotopic (exact) mass is 265 g/mol. The van der Waals surface area contributed by atoms with E-state index in [4.69, 9.17) is 5.73 Å². The van der Waals surface area contributed by atoms with Gasteiger partial charge in [-0.25, -0.2) is 4.68 Å². The molecule has 1 heterocycles. The summed E-state index contributed by atoms with van der Waals surface area (Å²) in [5.74, 6) is 0.681. The number of hydrogen-bond acceptors (Lipinski definition) is 2. The van der Waals surface area contributed by atoms with Crippen LogP contribution >= 0.6 is 12.4 Å². The first kappa shape index (κ1) is 14.6. The molecule has 2 rings (SSSR count). The van der Waals surface area contributed by atoms with E-state index in [0.717, 1.165) is 11.4 Å². The van der Waals surface area contributed by atoms with Crippen LogP contribution in [0.3, 0.4) is 0 Å². The normalized spacial score (nSPS) is 11.1. The number of hydrogen-bond donors (Lipinski definition) is 1. The highest BCUT2D eigenvalue weighted by atomic mass is 35.5. The van der Waals surface area contributed by atoms with Crippen molar-refractivity contribution in [2.24, 2.45) is 0 Å². The highest BCUT2D eigenvalue weighted by molar-refractivity contribution is 5.85. The van der Waals surface area contributed by atoms with Crippen LogP contribution in [0.1, 0.15) is 32.0 Å². The van der Waals surface area contributed by atoms with Crippen molar-refractivity contribution >= 4 is 18.2 Å². The van der Waals surface area contributed by atoms with Gasteiger partial charge in [0.05, 0.1) is 11.4 Å². The van der Waals surface area contributed by atoms with Gasteiger partial charge in [0.2, 0.25) is 0 Å². The van der Waals surface area contributed by atoms with Crippen LogP contribution in [0.25, 0.3) is 5.69 Å². The van der Waals surface area contributed by atoms with Crippen molar-refractivity contribution < 1.29 is 0 Å². The molecule has 4 heteroatoms. The van der Waals surface area contributed by atoms with E-state index in [-0.39, 0.29) is 17.8 Å². The maximum Gasteiger partial charge on any atom is 0.127 e. The lowest BCUT2D eigenvalue weighted by molar-refractivity contribution is 0.560. The summed E-state index contributed by atoms with van der Waals surface area (Å²) in [7, 11) is 0. The molecular weight excluding hydrogens is 246 g/mol. The van der Waals surface area contributed by atoms with Crippen LogP contribution in [0.4, 0.5) is 5.82 Å². The summed E-state index contributed by atoms with van der Waals surface area (Å²) in [5, 5.41) is 4.58. The van der Waals surface area contributed by atoms with E-state index in [9.17, 15) is 0 Å². The van der Waals surface area contributed by atoms with Crippen LogP contribution < -0.4 is 5.73 Å². The Morgan fingerprint density at radius 3 is 2.33 bits per heavy atom. The van der Waals surface area contributed by atoms with Gasteiger partial charge in [-0.05, 0) is 24.6 Å². The molecule has 0 aliphatic carbocycles. The predicted octanol–water partition coefficient (Wildman–Crippen LogP) is 3.48. The number of aromatic nitrogens is 2. The number of halogens is 1. The molecule has 0 spiro atoms. The van der Waals surface area contributed by atoms with Crippen molar-refractivity contribution in [3.63, 3.8) is 0 Å². The van der Waals surface area contributed by atoms with E-state index in [0.29, 0.717) is 5.82 Å². The third kappa shape index (κ3) is 2.85. The zero-order chi connectivity index (χ0) is 12.6. The van der Waals surface area contributed by atoms with Crippen LogP contribution in [-0.2, 0) is 5.41 Å². The SMILES string of the molecule is Cc1cccc(-n2nc(C(C)(C)C)cc2N)c1.Cl. The minimum absolute atomic E-state index is 0. The van der Waals surface area contributed by atoms with Gasteiger partial charge in [-0.1, -0.05) is 32.9 Å². The molecule has 0 atom stereocenters. The first-order chi connectivity index (χ1) is 7.88. The molecule has 98 valence electrons. The molecule has 1 aromatic carbocycles. The number of aryl methyl sites for hydroxylation is 1. The quantitative estimate of drug-likeness (QED) is 0.858. The van der Waals surface area contributed by atoms with Gasteiger partial charge in [-0.3, -0.25) is 0 Å². The second kappa shape index (κ2) is 5.02. The van der Waals surface area contributed by atoms with Gasteiger partial charge < -0.3 is 5.73 Å². The first-order valence-electron chi connectivity index (χ1n) is 5.81. The summed E-state index contributed by atoms with van der Waals surface area (Å²) in [6.07, 6.45) is 0. The lowest BCUT2D eigenvalue weighted by Gasteiger charge is -2.14. The molecule has 0 unspecified atom stereocenters. The summed E-state index contributed by atoms with van der Waals surface area (Å²) in [6, 6.07) is 10.1. The maximum atomic E-state index is 6.02. The Balaban J connectivity index is 0.00000162.